The van der Waals surface area contributed by atoms with Gasteiger partial charge < -0.3 is 10.3 Å². The Kier molecular flexibility index (Phi) is 3.39. The second-order valence-corrected chi connectivity index (χ2v) is 3.77. The van der Waals surface area contributed by atoms with Crippen LogP contribution in [0.5, 0.6) is 0 Å². The predicted octanol–water partition coefficient (Wildman–Crippen LogP) is 2.13. The van der Waals surface area contributed by atoms with Crippen molar-refractivity contribution in [3.05, 3.63) is 52.8 Å². The van der Waals surface area contributed by atoms with Crippen molar-refractivity contribution in [1.82, 2.24) is 15.3 Å². The summed E-state index contributed by atoms with van der Waals surface area (Å²) in [7, 11) is 0. The maximum absolute atomic E-state index is 13.5. The smallest absolute Gasteiger partial charge is 0.254 e. The maximum Gasteiger partial charge on any atom is 0.254 e. The molecule has 1 aromatic heterocycles. The number of carbonyl (C=O) groups is 1. The van der Waals surface area contributed by atoms with Gasteiger partial charge in [0.05, 0.1) is 29.2 Å². The molecule has 0 unspecified atom stereocenters. The minimum Gasteiger partial charge on any atom is -0.347 e. The van der Waals surface area contributed by atoms with Crippen LogP contribution in [0.3, 0.4) is 0 Å². The van der Waals surface area contributed by atoms with E-state index in [-0.39, 0.29) is 17.1 Å². The molecule has 0 spiro atoms. The molecule has 6 heteroatoms. The van der Waals surface area contributed by atoms with Crippen LogP contribution >= 0.6 is 11.6 Å². The topological polar surface area (TPSA) is 57.8 Å². The van der Waals surface area contributed by atoms with Crippen LogP contribution in [0.25, 0.3) is 0 Å². The molecule has 4 nitrogen and oxygen atoms in total. The molecule has 17 heavy (non-hydrogen) atoms. The summed E-state index contributed by atoms with van der Waals surface area (Å²) in [5.41, 5.74) is 0.665. The fraction of sp³-hybridized carbons (Fsp3) is 0.0909. The molecule has 0 atom stereocenters. The van der Waals surface area contributed by atoms with Gasteiger partial charge in [0.1, 0.15) is 0 Å². The van der Waals surface area contributed by atoms with Gasteiger partial charge in [0.25, 0.3) is 5.91 Å². The van der Waals surface area contributed by atoms with E-state index >= 15 is 0 Å². The highest BCUT2D eigenvalue weighted by molar-refractivity contribution is 6.31. The van der Waals surface area contributed by atoms with Gasteiger partial charge in [-0.3, -0.25) is 4.79 Å². The van der Waals surface area contributed by atoms with E-state index in [1.54, 1.807) is 6.20 Å². The molecule has 2 rings (SSSR count). The summed E-state index contributed by atoms with van der Waals surface area (Å²) in [5.74, 6) is -1.23. The number of aromatic amines is 1. The van der Waals surface area contributed by atoms with Crippen LogP contribution < -0.4 is 5.32 Å². The van der Waals surface area contributed by atoms with Crippen LogP contribution in [0.2, 0.25) is 5.02 Å². The molecule has 88 valence electrons. The molecular weight excluding hydrogens is 245 g/mol. The Labute approximate surface area is 102 Å². The van der Waals surface area contributed by atoms with Gasteiger partial charge in [-0.25, -0.2) is 9.37 Å². The van der Waals surface area contributed by atoms with Crippen LogP contribution in [0.4, 0.5) is 4.39 Å². The molecule has 2 N–H and O–H groups in total. The molecular formula is C11H9ClFN3O. The van der Waals surface area contributed by atoms with E-state index in [9.17, 15) is 9.18 Å². The number of halogens is 2. The van der Waals surface area contributed by atoms with Gasteiger partial charge >= 0.3 is 0 Å². The Balaban J connectivity index is 2.07. The highest BCUT2D eigenvalue weighted by Gasteiger charge is 2.13. The third-order valence-electron chi connectivity index (χ3n) is 2.19. The van der Waals surface area contributed by atoms with Crippen LogP contribution in [0, 0.1) is 5.82 Å². The van der Waals surface area contributed by atoms with Crippen molar-refractivity contribution in [2.75, 3.05) is 0 Å². The number of benzene rings is 1. The Hall–Kier alpha value is -1.88. The molecule has 0 saturated heterocycles. The number of aromatic nitrogens is 2. The molecule has 0 bridgehead atoms. The van der Waals surface area contributed by atoms with Gasteiger partial charge in [-0.15, -0.1) is 0 Å². The molecule has 2 aromatic rings. The normalized spacial score (nSPS) is 10.2. The number of imidazole rings is 1. The number of amides is 1. The van der Waals surface area contributed by atoms with E-state index in [4.69, 9.17) is 11.6 Å². The number of hydrogen-bond acceptors (Lipinski definition) is 2. The summed E-state index contributed by atoms with van der Waals surface area (Å²) < 4.78 is 13.5. The van der Waals surface area contributed by atoms with Gasteiger partial charge in [0, 0.05) is 6.20 Å². The van der Waals surface area contributed by atoms with Gasteiger partial charge in [-0.2, -0.15) is 0 Å². The Morgan fingerprint density at radius 2 is 2.35 bits per heavy atom. The highest BCUT2D eigenvalue weighted by Crippen LogP contribution is 2.17. The lowest BCUT2D eigenvalue weighted by Crippen LogP contribution is -2.24. The van der Waals surface area contributed by atoms with Crippen molar-refractivity contribution in [1.29, 1.82) is 0 Å². The average Bonchev–Trinajstić information content (AvgIpc) is 2.82. The van der Waals surface area contributed by atoms with Crippen LogP contribution in [0.1, 0.15) is 16.1 Å². The predicted molar refractivity (Wildman–Crippen MR) is 61.2 cm³/mol. The zero-order valence-electron chi connectivity index (χ0n) is 8.71. The van der Waals surface area contributed by atoms with Crippen molar-refractivity contribution in [3.63, 3.8) is 0 Å². The van der Waals surface area contributed by atoms with Crippen molar-refractivity contribution in [2.45, 2.75) is 6.54 Å². The van der Waals surface area contributed by atoms with E-state index in [0.29, 0.717) is 0 Å². The molecule has 1 amide bonds. The van der Waals surface area contributed by atoms with Gasteiger partial charge in [-0.05, 0) is 12.1 Å². The second kappa shape index (κ2) is 4.97. The van der Waals surface area contributed by atoms with Crippen molar-refractivity contribution < 1.29 is 9.18 Å². The van der Waals surface area contributed by atoms with Gasteiger partial charge in [-0.1, -0.05) is 17.7 Å². The van der Waals surface area contributed by atoms with E-state index < -0.39 is 11.7 Å². The first-order chi connectivity index (χ1) is 8.18. The first-order valence-electron chi connectivity index (χ1n) is 4.88. The lowest BCUT2D eigenvalue weighted by Gasteiger charge is -2.05. The van der Waals surface area contributed by atoms with Crippen LogP contribution in [0.15, 0.2) is 30.7 Å². The van der Waals surface area contributed by atoms with Gasteiger partial charge in [0.2, 0.25) is 0 Å². The third kappa shape index (κ3) is 2.62. The molecule has 1 aromatic carbocycles. The fourth-order valence-electron chi connectivity index (χ4n) is 1.33. The second-order valence-electron chi connectivity index (χ2n) is 3.36. The lowest BCUT2D eigenvalue weighted by molar-refractivity contribution is 0.0946. The van der Waals surface area contributed by atoms with E-state index in [1.807, 2.05) is 0 Å². The summed E-state index contributed by atoms with van der Waals surface area (Å²) in [6, 6.07) is 4.29. The Morgan fingerprint density at radius 3 is 3.06 bits per heavy atom. The van der Waals surface area contributed by atoms with E-state index in [1.165, 1.54) is 24.5 Å². The number of hydrogen-bond donors (Lipinski definition) is 2. The van der Waals surface area contributed by atoms with Crippen LogP contribution in [-0.4, -0.2) is 15.9 Å². The van der Waals surface area contributed by atoms with Crippen molar-refractivity contribution >= 4 is 17.5 Å². The average molecular weight is 254 g/mol. The molecule has 0 saturated carbocycles. The SMILES string of the molecule is O=C(NCc1cnc[nH]1)c1cccc(Cl)c1F. The summed E-state index contributed by atoms with van der Waals surface area (Å²) in [6.45, 7) is 0.255. The molecule has 0 fully saturated rings. The fourth-order valence-corrected chi connectivity index (χ4v) is 1.51. The van der Waals surface area contributed by atoms with E-state index in [0.717, 1.165) is 5.69 Å². The molecule has 0 aliphatic rings. The Bertz CT molecular complexity index is 528. The number of nitrogens with one attached hydrogen (secondary N) is 2. The minimum atomic E-state index is -0.712. The van der Waals surface area contributed by atoms with Crippen LogP contribution in [-0.2, 0) is 6.54 Å². The number of H-pyrrole nitrogens is 1. The summed E-state index contributed by atoms with van der Waals surface area (Å²) in [5, 5.41) is 2.49. The van der Waals surface area contributed by atoms with Crippen molar-refractivity contribution in [2.24, 2.45) is 0 Å². The standard InChI is InChI=1S/C11H9ClFN3O/c12-9-3-1-2-8(10(9)13)11(17)15-5-7-4-14-6-16-7/h1-4,6H,5H2,(H,14,16)(H,15,17). The lowest BCUT2D eigenvalue weighted by atomic mass is 10.2. The Morgan fingerprint density at radius 1 is 1.53 bits per heavy atom. The summed E-state index contributed by atoms with van der Waals surface area (Å²) >= 11 is 5.59. The monoisotopic (exact) mass is 253 g/mol. The highest BCUT2D eigenvalue weighted by atomic mass is 35.5. The number of carbonyl (C=O) groups excluding carboxylic acids is 1. The number of rotatable bonds is 3. The van der Waals surface area contributed by atoms with Gasteiger partial charge in [0.15, 0.2) is 5.82 Å². The molecule has 0 aliphatic heterocycles. The minimum absolute atomic E-state index is 0.0702. The van der Waals surface area contributed by atoms with E-state index in [2.05, 4.69) is 15.3 Å². The quantitative estimate of drug-likeness (QED) is 0.880. The summed E-state index contributed by atoms with van der Waals surface area (Å²) in [6.07, 6.45) is 3.08. The molecule has 0 radical (unpaired) electrons. The zero-order chi connectivity index (χ0) is 12.3. The first-order valence-corrected chi connectivity index (χ1v) is 5.25. The first kappa shape index (κ1) is 11.6. The van der Waals surface area contributed by atoms with Crippen molar-refractivity contribution in [3.8, 4) is 0 Å². The molecule has 0 aliphatic carbocycles. The zero-order valence-corrected chi connectivity index (χ0v) is 9.46. The summed E-state index contributed by atoms with van der Waals surface area (Å²) in [4.78, 5) is 18.3. The third-order valence-corrected chi connectivity index (χ3v) is 2.48. The maximum atomic E-state index is 13.5. The molecule has 1 heterocycles. The number of nitrogens with zero attached hydrogens (tertiary/aromatic N) is 1. The largest absolute Gasteiger partial charge is 0.347 e.